The third kappa shape index (κ3) is 3.35. The molecule has 0 aromatic heterocycles. The third-order valence-electron chi connectivity index (χ3n) is 2.63. The fourth-order valence-corrected chi connectivity index (χ4v) is 2.25. The van der Waals surface area contributed by atoms with Gasteiger partial charge >= 0.3 is 0 Å². The molecule has 0 fully saturated rings. The maximum absolute atomic E-state index is 8.71. The van der Waals surface area contributed by atoms with Gasteiger partial charge in [-0.25, -0.2) is 0 Å². The van der Waals surface area contributed by atoms with Crippen molar-refractivity contribution in [3.8, 4) is 12.1 Å². The lowest BCUT2D eigenvalue weighted by molar-refractivity contribution is 1.08. The Balaban J connectivity index is 3.19. The molecule has 0 amide bonds. The van der Waals surface area contributed by atoms with Gasteiger partial charge in [0.1, 0.15) is 17.7 Å². The molecule has 1 aromatic rings. The van der Waals surface area contributed by atoms with Gasteiger partial charge in [0.25, 0.3) is 0 Å². The number of nitriles is 2. The van der Waals surface area contributed by atoms with Crippen LogP contribution in [-0.4, -0.2) is 0 Å². The fourth-order valence-electron chi connectivity index (χ4n) is 1.70. The first kappa shape index (κ1) is 14.3. The van der Waals surface area contributed by atoms with Gasteiger partial charge in [-0.15, -0.1) is 0 Å². The third-order valence-corrected chi connectivity index (χ3v) is 3.09. The zero-order chi connectivity index (χ0) is 13.5. The Labute approximate surface area is 116 Å². The summed E-state index contributed by atoms with van der Waals surface area (Å²) in [5.41, 5.74) is 3.38. The van der Waals surface area contributed by atoms with Crippen molar-refractivity contribution in [2.75, 3.05) is 5.32 Å². The second-order valence-corrected chi connectivity index (χ2v) is 4.65. The highest BCUT2D eigenvalue weighted by atomic mass is 79.9. The van der Waals surface area contributed by atoms with Crippen LogP contribution in [0.5, 0.6) is 0 Å². The van der Waals surface area contributed by atoms with E-state index in [2.05, 4.69) is 35.1 Å². The van der Waals surface area contributed by atoms with E-state index < -0.39 is 0 Å². The number of rotatable bonds is 4. The molecule has 0 spiro atoms. The molecule has 1 aromatic carbocycles. The van der Waals surface area contributed by atoms with E-state index in [4.69, 9.17) is 10.5 Å². The van der Waals surface area contributed by atoms with Crippen LogP contribution < -0.4 is 5.32 Å². The number of allylic oxidation sites excluding steroid dienone is 1. The molecule has 0 aliphatic rings. The van der Waals surface area contributed by atoms with Crippen molar-refractivity contribution in [3.63, 3.8) is 0 Å². The Hall–Kier alpha value is -1.78. The van der Waals surface area contributed by atoms with Gasteiger partial charge in [-0.2, -0.15) is 10.5 Å². The lowest BCUT2D eigenvalue weighted by Crippen LogP contribution is -2.00. The number of nitrogens with zero attached hydrogens (tertiary/aromatic N) is 2. The average Bonchev–Trinajstić information content (AvgIpc) is 2.40. The van der Waals surface area contributed by atoms with E-state index in [1.54, 1.807) is 0 Å². The van der Waals surface area contributed by atoms with Gasteiger partial charge in [-0.05, 0) is 36.1 Å². The molecule has 1 rings (SSSR count). The van der Waals surface area contributed by atoms with Gasteiger partial charge in [0.15, 0.2) is 0 Å². The van der Waals surface area contributed by atoms with Crippen molar-refractivity contribution in [1.29, 1.82) is 10.5 Å². The first-order valence-corrected chi connectivity index (χ1v) is 6.53. The molecule has 0 heterocycles. The largest absolute Gasteiger partial charge is 0.359 e. The molecule has 0 radical (unpaired) electrons. The van der Waals surface area contributed by atoms with Crippen molar-refractivity contribution in [2.45, 2.75) is 26.7 Å². The van der Waals surface area contributed by atoms with Gasteiger partial charge in [0.05, 0.1) is 0 Å². The fraction of sp³-hybridized carbons (Fsp3) is 0.286. The monoisotopic (exact) mass is 303 g/mol. The molecule has 0 saturated carbocycles. The van der Waals surface area contributed by atoms with Crippen LogP contribution in [0.2, 0.25) is 0 Å². The summed E-state index contributed by atoms with van der Waals surface area (Å²) in [6, 6.07) is 7.77. The smallest absolute Gasteiger partial charge is 0.145 e. The van der Waals surface area contributed by atoms with Gasteiger partial charge in [0, 0.05) is 16.4 Å². The molecule has 92 valence electrons. The summed E-state index contributed by atoms with van der Waals surface area (Å²) in [6.07, 6.45) is 3.23. The van der Waals surface area contributed by atoms with Crippen LogP contribution in [0.15, 0.2) is 28.4 Å². The maximum atomic E-state index is 8.71. The summed E-state index contributed by atoms with van der Waals surface area (Å²) in [5.74, 6) is 0. The Morgan fingerprint density at radius 1 is 1.22 bits per heavy atom. The van der Waals surface area contributed by atoms with E-state index in [1.807, 2.05) is 24.3 Å². The first-order chi connectivity index (χ1) is 8.65. The van der Waals surface area contributed by atoms with Gasteiger partial charge in [0.2, 0.25) is 0 Å². The number of nitrogens with one attached hydrogen (secondary N) is 1. The summed E-state index contributed by atoms with van der Waals surface area (Å²) in [4.78, 5) is 0. The van der Waals surface area contributed by atoms with Crippen LogP contribution >= 0.6 is 15.9 Å². The van der Waals surface area contributed by atoms with E-state index in [9.17, 15) is 0 Å². The second kappa shape index (κ2) is 6.83. The van der Waals surface area contributed by atoms with Gasteiger partial charge in [-0.3, -0.25) is 0 Å². The number of aryl methyl sites for hydroxylation is 2. The second-order valence-electron chi connectivity index (χ2n) is 3.73. The Morgan fingerprint density at radius 2 is 1.72 bits per heavy atom. The molecule has 1 N–H and O–H groups in total. The molecule has 0 aliphatic heterocycles. The van der Waals surface area contributed by atoms with Crippen molar-refractivity contribution < 1.29 is 0 Å². The van der Waals surface area contributed by atoms with Crippen LogP contribution in [-0.2, 0) is 12.8 Å². The summed E-state index contributed by atoms with van der Waals surface area (Å²) in [6.45, 7) is 4.15. The molecule has 0 bridgehead atoms. The van der Waals surface area contributed by atoms with Crippen LogP contribution in [0.25, 0.3) is 0 Å². The quantitative estimate of drug-likeness (QED) is 0.858. The highest BCUT2D eigenvalue weighted by molar-refractivity contribution is 9.10. The van der Waals surface area contributed by atoms with E-state index in [-0.39, 0.29) is 5.57 Å². The number of hydrogen-bond donors (Lipinski definition) is 1. The summed E-state index contributed by atoms with van der Waals surface area (Å²) in [5, 5.41) is 20.5. The summed E-state index contributed by atoms with van der Waals surface area (Å²) in [7, 11) is 0. The molecule has 0 unspecified atom stereocenters. The Kier molecular flexibility index (Phi) is 5.42. The zero-order valence-corrected chi connectivity index (χ0v) is 12.0. The molecule has 18 heavy (non-hydrogen) atoms. The van der Waals surface area contributed by atoms with E-state index in [0.717, 1.165) is 34.1 Å². The lowest BCUT2D eigenvalue weighted by Gasteiger charge is -2.13. The lowest BCUT2D eigenvalue weighted by atomic mass is 10.0. The molecule has 4 heteroatoms. The molecule has 0 aliphatic carbocycles. The minimum absolute atomic E-state index is 0.0713. The summed E-state index contributed by atoms with van der Waals surface area (Å²) < 4.78 is 1.05. The maximum Gasteiger partial charge on any atom is 0.145 e. The summed E-state index contributed by atoms with van der Waals surface area (Å²) >= 11 is 3.49. The van der Waals surface area contributed by atoms with Gasteiger partial charge < -0.3 is 5.32 Å². The van der Waals surface area contributed by atoms with Crippen LogP contribution in [0.3, 0.4) is 0 Å². The topological polar surface area (TPSA) is 59.6 Å². The molecular weight excluding hydrogens is 290 g/mol. The standard InChI is InChI=1S/C14H14BrN3/c1-3-11-5-13(15)6-12(4-2)14(11)18-9-10(7-16)8-17/h5-6,9,18H,3-4H2,1-2H3. The molecule has 0 atom stereocenters. The number of anilines is 1. The Morgan fingerprint density at radius 3 is 2.11 bits per heavy atom. The van der Waals surface area contributed by atoms with Crippen LogP contribution in [0.4, 0.5) is 5.69 Å². The SMILES string of the molecule is CCc1cc(Br)cc(CC)c1NC=C(C#N)C#N. The first-order valence-electron chi connectivity index (χ1n) is 5.74. The highest BCUT2D eigenvalue weighted by Crippen LogP contribution is 2.27. The molecular formula is C14H14BrN3. The van der Waals surface area contributed by atoms with Crippen molar-refractivity contribution in [2.24, 2.45) is 0 Å². The normalized spacial score (nSPS) is 9.17. The number of halogens is 1. The van der Waals surface area contributed by atoms with Crippen molar-refractivity contribution in [1.82, 2.24) is 0 Å². The Bertz CT molecular complexity index is 506. The van der Waals surface area contributed by atoms with Crippen LogP contribution in [0, 0.1) is 22.7 Å². The van der Waals surface area contributed by atoms with E-state index in [0.29, 0.717) is 0 Å². The van der Waals surface area contributed by atoms with Gasteiger partial charge in [-0.1, -0.05) is 29.8 Å². The molecule has 3 nitrogen and oxygen atoms in total. The average molecular weight is 304 g/mol. The van der Waals surface area contributed by atoms with Crippen molar-refractivity contribution in [3.05, 3.63) is 39.5 Å². The predicted octanol–water partition coefficient (Wildman–Crippen LogP) is 3.92. The number of benzene rings is 1. The van der Waals surface area contributed by atoms with Crippen molar-refractivity contribution >= 4 is 21.6 Å². The van der Waals surface area contributed by atoms with Crippen LogP contribution in [0.1, 0.15) is 25.0 Å². The highest BCUT2D eigenvalue weighted by Gasteiger charge is 2.07. The minimum atomic E-state index is 0.0713. The number of hydrogen-bond acceptors (Lipinski definition) is 3. The zero-order valence-electron chi connectivity index (χ0n) is 10.4. The minimum Gasteiger partial charge on any atom is -0.359 e. The van der Waals surface area contributed by atoms with E-state index in [1.165, 1.54) is 6.20 Å². The van der Waals surface area contributed by atoms with E-state index >= 15 is 0 Å². The molecule has 0 saturated heterocycles. The predicted molar refractivity (Wildman–Crippen MR) is 75.8 cm³/mol.